The van der Waals surface area contributed by atoms with Gasteiger partial charge in [-0.25, -0.2) is 9.37 Å². The topological polar surface area (TPSA) is 99.1 Å². The first-order valence-corrected chi connectivity index (χ1v) is 12.4. The highest BCUT2D eigenvalue weighted by atomic mass is 19.1. The fourth-order valence-corrected chi connectivity index (χ4v) is 4.54. The summed E-state index contributed by atoms with van der Waals surface area (Å²) in [5.41, 5.74) is 11.0. The molecule has 4 rings (SSSR count). The van der Waals surface area contributed by atoms with Gasteiger partial charge in [-0.3, -0.25) is 9.78 Å². The molecule has 0 fully saturated rings. The van der Waals surface area contributed by atoms with Crippen LogP contribution in [0.4, 0.5) is 10.2 Å². The second kappa shape index (κ2) is 11.0. The number of aryl methyl sites for hydroxylation is 1. The largest absolute Gasteiger partial charge is 0.362 e. The number of amides is 1. The van der Waals surface area contributed by atoms with Crippen molar-refractivity contribution in [3.8, 4) is 28.3 Å². The zero-order chi connectivity index (χ0) is 27.6. The number of fused-ring (bicyclic) bond motifs is 1. The summed E-state index contributed by atoms with van der Waals surface area (Å²) in [4.78, 5) is 26.6. The molecule has 0 bridgehead atoms. The molecule has 8 heteroatoms. The highest BCUT2D eigenvalue weighted by molar-refractivity contribution is 6.12. The molecule has 7 nitrogen and oxygen atoms in total. The van der Waals surface area contributed by atoms with Crippen molar-refractivity contribution >= 4 is 22.6 Å². The van der Waals surface area contributed by atoms with Gasteiger partial charge >= 0.3 is 0 Å². The van der Waals surface area contributed by atoms with E-state index in [4.69, 9.17) is 5.73 Å². The summed E-state index contributed by atoms with van der Waals surface area (Å²) in [7, 11) is 5.48. The molecule has 2 aromatic carbocycles. The number of carbonyl (C=O) groups excluding carboxylic acids is 1. The Morgan fingerprint density at radius 1 is 1.05 bits per heavy atom. The molecule has 0 aliphatic rings. The minimum Gasteiger partial charge on any atom is -0.362 e. The molecule has 0 saturated carbocycles. The van der Waals surface area contributed by atoms with E-state index in [9.17, 15) is 14.4 Å². The Hall–Kier alpha value is -4.35. The second-order valence-corrected chi connectivity index (χ2v) is 9.75. The summed E-state index contributed by atoms with van der Waals surface area (Å²) in [5.74, 6) is 0.0721. The zero-order valence-corrected chi connectivity index (χ0v) is 22.3. The van der Waals surface area contributed by atoms with Gasteiger partial charge in [0.05, 0.1) is 16.6 Å². The molecule has 1 amide bonds. The number of hydrogen-bond donors (Lipinski definition) is 1. The van der Waals surface area contributed by atoms with Gasteiger partial charge in [-0.1, -0.05) is 19.1 Å². The van der Waals surface area contributed by atoms with E-state index < -0.39 is 0 Å². The zero-order valence-electron chi connectivity index (χ0n) is 22.3. The van der Waals surface area contributed by atoms with Gasteiger partial charge in [0.1, 0.15) is 17.7 Å². The minimum absolute atomic E-state index is 0.171. The Labute approximate surface area is 222 Å². The molecular weight excluding hydrogens is 479 g/mol. The van der Waals surface area contributed by atoms with E-state index in [2.05, 4.69) is 16.0 Å². The van der Waals surface area contributed by atoms with Crippen LogP contribution >= 0.6 is 0 Å². The number of carbonyl (C=O) groups is 1. The van der Waals surface area contributed by atoms with E-state index in [1.807, 2.05) is 57.1 Å². The molecule has 0 aliphatic carbocycles. The minimum atomic E-state index is -0.386. The maximum absolute atomic E-state index is 14.4. The number of rotatable bonds is 7. The number of pyridine rings is 2. The molecule has 1 unspecified atom stereocenters. The van der Waals surface area contributed by atoms with E-state index in [1.165, 1.54) is 18.3 Å². The van der Waals surface area contributed by atoms with Crippen molar-refractivity contribution in [2.45, 2.75) is 26.3 Å². The van der Waals surface area contributed by atoms with Gasteiger partial charge in [-0.2, -0.15) is 5.26 Å². The molecule has 4 aromatic rings. The lowest BCUT2D eigenvalue weighted by Crippen LogP contribution is -2.38. The normalized spacial score (nSPS) is 11.7. The number of nitrogens with two attached hydrogens (primary N) is 1. The SMILES string of the molecule is CCC(N)CN(C)C(=O)c1c(-c2cc(C)cc(F)c2)cnc2ccc(-c3cc(C#N)cnc3N(C)C)cc12. The number of benzene rings is 2. The van der Waals surface area contributed by atoms with Crippen molar-refractivity contribution < 1.29 is 9.18 Å². The van der Waals surface area contributed by atoms with Crippen molar-refractivity contribution in [1.29, 1.82) is 5.26 Å². The summed E-state index contributed by atoms with van der Waals surface area (Å²) in [6, 6.07) is 14.1. The Kier molecular flexibility index (Phi) is 7.70. The molecule has 0 spiro atoms. The number of aromatic nitrogens is 2. The van der Waals surface area contributed by atoms with Crippen molar-refractivity contribution in [3.63, 3.8) is 0 Å². The molecule has 2 heterocycles. The highest BCUT2D eigenvalue weighted by Crippen LogP contribution is 2.35. The van der Waals surface area contributed by atoms with E-state index in [0.29, 0.717) is 45.5 Å². The van der Waals surface area contributed by atoms with Crippen molar-refractivity contribution in [2.24, 2.45) is 5.73 Å². The van der Waals surface area contributed by atoms with Gasteiger partial charge in [0.25, 0.3) is 5.91 Å². The van der Waals surface area contributed by atoms with Crippen LogP contribution in [-0.4, -0.2) is 54.5 Å². The van der Waals surface area contributed by atoms with Gasteiger partial charge in [0.2, 0.25) is 0 Å². The Balaban J connectivity index is 2.01. The first kappa shape index (κ1) is 26.7. The van der Waals surface area contributed by atoms with Gasteiger partial charge in [-0.05, 0) is 60.4 Å². The summed E-state index contributed by atoms with van der Waals surface area (Å²) < 4.78 is 14.4. The van der Waals surface area contributed by atoms with Crippen LogP contribution in [0.2, 0.25) is 0 Å². The monoisotopic (exact) mass is 510 g/mol. The lowest BCUT2D eigenvalue weighted by atomic mass is 9.93. The Bertz CT molecular complexity index is 1540. The fraction of sp³-hybridized carbons (Fsp3) is 0.267. The average Bonchev–Trinajstić information content (AvgIpc) is 2.90. The number of anilines is 1. The first-order chi connectivity index (χ1) is 18.1. The van der Waals surface area contributed by atoms with Gasteiger partial charge in [0, 0.05) is 62.6 Å². The van der Waals surface area contributed by atoms with Crippen LogP contribution < -0.4 is 10.6 Å². The number of hydrogen-bond acceptors (Lipinski definition) is 6. The van der Waals surface area contributed by atoms with Crippen LogP contribution in [0.3, 0.4) is 0 Å². The van der Waals surface area contributed by atoms with Crippen molar-refractivity contribution in [1.82, 2.24) is 14.9 Å². The van der Waals surface area contributed by atoms with Crippen LogP contribution in [0.15, 0.2) is 54.9 Å². The van der Waals surface area contributed by atoms with Gasteiger partial charge in [0.15, 0.2) is 0 Å². The van der Waals surface area contributed by atoms with Crippen LogP contribution in [0.25, 0.3) is 33.2 Å². The quantitative estimate of drug-likeness (QED) is 0.369. The molecule has 2 N–H and O–H groups in total. The lowest BCUT2D eigenvalue weighted by Gasteiger charge is -2.23. The highest BCUT2D eigenvalue weighted by Gasteiger charge is 2.23. The van der Waals surface area contributed by atoms with Crippen molar-refractivity contribution in [2.75, 3.05) is 32.6 Å². The fourth-order valence-electron chi connectivity index (χ4n) is 4.54. The lowest BCUT2D eigenvalue weighted by molar-refractivity contribution is 0.0788. The summed E-state index contributed by atoms with van der Waals surface area (Å²) in [6.45, 7) is 4.16. The molecule has 194 valence electrons. The maximum atomic E-state index is 14.4. The van der Waals surface area contributed by atoms with Crippen LogP contribution in [0.5, 0.6) is 0 Å². The predicted octanol–water partition coefficient (Wildman–Crippen LogP) is 5.16. The summed E-state index contributed by atoms with van der Waals surface area (Å²) in [5, 5.41) is 10.1. The molecule has 0 saturated heterocycles. The molecular formula is C30H31FN6O. The van der Waals surface area contributed by atoms with Crippen LogP contribution in [0.1, 0.15) is 34.8 Å². The molecule has 2 aromatic heterocycles. The number of likely N-dealkylation sites (N-methyl/N-ethyl adjacent to an activating group) is 1. The van der Waals surface area contributed by atoms with E-state index >= 15 is 0 Å². The van der Waals surface area contributed by atoms with Crippen molar-refractivity contribution in [3.05, 3.63) is 77.4 Å². The summed E-state index contributed by atoms with van der Waals surface area (Å²) in [6.07, 6.45) is 3.89. The number of nitriles is 1. The number of halogens is 1. The van der Waals surface area contributed by atoms with Crippen LogP contribution in [0, 0.1) is 24.1 Å². The molecule has 1 atom stereocenters. The van der Waals surface area contributed by atoms with E-state index in [-0.39, 0.29) is 17.8 Å². The van der Waals surface area contributed by atoms with Gasteiger partial charge < -0.3 is 15.5 Å². The van der Waals surface area contributed by atoms with Gasteiger partial charge in [-0.15, -0.1) is 0 Å². The second-order valence-electron chi connectivity index (χ2n) is 9.75. The predicted molar refractivity (Wildman–Crippen MR) is 149 cm³/mol. The number of nitrogens with zero attached hydrogens (tertiary/aromatic N) is 5. The average molecular weight is 511 g/mol. The first-order valence-electron chi connectivity index (χ1n) is 12.4. The maximum Gasteiger partial charge on any atom is 0.255 e. The Morgan fingerprint density at radius 2 is 1.82 bits per heavy atom. The molecule has 38 heavy (non-hydrogen) atoms. The van der Waals surface area contributed by atoms with E-state index in [1.54, 1.807) is 24.2 Å². The van der Waals surface area contributed by atoms with Crippen LogP contribution in [-0.2, 0) is 0 Å². The molecule has 0 aliphatic heterocycles. The molecule has 0 radical (unpaired) electrons. The third-order valence-corrected chi connectivity index (χ3v) is 6.54. The summed E-state index contributed by atoms with van der Waals surface area (Å²) >= 11 is 0. The third-order valence-electron chi connectivity index (χ3n) is 6.54. The Morgan fingerprint density at radius 3 is 2.47 bits per heavy atom. The third kappa shape index (κ3) is 5.34. The standard InChI is InChI=1S/C30H31FN6O/c1-6-23(33)17-37(5)30(38)28-25-13-20(24-11-19(14-32)15-35-29(24)36(3)4)7-8-27(25)34-16-26(28)21-9-18(2)10-22(31)12-21/h7-13,15-16,23H,6,17,33H2,1-5H3. The smallest absolute Gasteiger partial charge is 0.255 e. The van der Waals surface area contributed by atoms with E-state index in [0.717, 1.165) is 23.1 Å².